The van der Waals surface area contributed by atoms with Crippen molar-refractivity contribution in [2.75, 3.05) is 13.1 Å². The van der Waals surface area contributed by atoms with Crippen molar-refractivity contribution in [1.82, 2.24) is 47.9 Å². The number of nitrogens with two attached hydrogens (primary N) is 3. The second-order valence-electron chi connectivity index (χ2n) is 19.3. The van der Waals surface area contributed by atoms with Crippen molar-refractivity contribution in [3.63, 3.8) is 0 Å². The molecule has 11 atom stereocenters. The summed E-state index contributed by atoms with van der Waals surface area (Å²) in [5.74, 6) is -19.4. The largest absolute Gasteiger partial charge is 0.508 e. The Bertz CT molecular complexity index is 2410. The van der Waals surface area contributed by atoms with Gasteiger partial charge in [-0.3, -0.25) is 62.3 Å². The van der Waals surface area contributed by atoms with Gasteiger partial charge in [0.1, 0.15) is 54.1 Å². The molecule has 10 amide bonds. The van der Waals surface area contributed by atoms with Crippen LogP contribution in [-0.4, -0.2) is 187 Å². The van der Waals surface area contributed by atoms with Crippen molar-refractivity contribution in [2.45, 2.75) is 159 Å². The van der Waals surface area contributed by atoms with E-state index in [2.05, 4.69) is 42.5 Å². The number of carboxylic acids is 4. The molecular weight excluding hydrogens is 1080 g/mol. The van der Waals surface area contributed by atoms with Gasteiger partial charge in [-0.15, -0.1) is 0 Å². The molecule has 32 heteroatoms. The molecule has 81 heavy (non-hydrogen) atoms. The highest BCUT2D eigenvalue weighted by Gasteiger charge is 2.37. The van der Waals surface area contributed by atoms with Crippen molar-refractivity contribution in [3.8, 4) is 5.75 Å². The highest BCUT2D eigenvalue weighted by molar-refractivity contribution is 5.99. The number of aliphatic hydroxyl groups excluding tert-OH is 1. The second-order valence-corrected chi connectivity index (χ2v) is 19.3. The van der Waals surface area contributed by atoms with Crippen LogP contribution in [0.2, 0.25) is 0 Å². The number of nitrogens with one attached hydrogen (secondary N) is 9. The number of aromatic hydroxyl groups is 1. The predicted molar refractivity (Wildman–Crippen MR) is 280 cm³/mol. The number of aliphatic hydroxyl groups is 1. The van der Waals surface area contributed by atoms with Crippen LogP contribution in [0.1, 0.15) is 98.0 Å². The standard InChI is InChI=1S/C49H76N12O20/c1-6-23(4)39(59-34(65)21-53-46(77)40(24(5)62)61-45(76)31(19-36(68)69)55-41(72)27(51)9-7-8-16-50)48(79)54-28(14-15-33(52)64)42(73)60-38(22(2)3)47(78)57-30(18-35(66)67)44(75)56-29(17-25-10-12-26(63)13-11-25)43(74)58-32(49(80)81)20-37(70)71/h10-13,22-24,27-32,38-40,62-63H,6-9,14-21,50-51H2,1-5H3,(H2,52,64)(H,53,77)(H,54,79)(H,55,72)(H,56,75)(H,57,78)(H,58,74)(H,59,65)(H,60,73)(H,61,76)(H,66,67)(H,68,69)(H,70,71)(H,80,81)/t23-,24+,27-,28-,29-,30-,31-,32-,38-,39-,40-/m0/s1. The highest BCUT2D eigenvalue weighted by Crippen LogP contribution is 2.14. The van der Waals surface area contributed by atoms with Gasteiger partial charge in [0.05, 0.1) is 38.0 Å². The Kier molecular flexibility index (Phi) is 30.6. The van der Waals surface area contributed by atoms with Gasteiger partial charge in [0, 0.05) is 12.8 Å². The number of carboxylic acid groups (broad SMARTS) is 4. The normalized spacial score (nSPS) is 15.1. The maximum Gasteiger partial charge on any atom is 0.326 e. The van der Waals surface area contributed by atoms with Gasteiger partial charge in [0.25, 0.3) is 0 Å². The monoisotopic (exact) mass is 1150 g/mol. The summed E-state index contributed by atoms with van der Waals surface area (Å²) in [4.78, 5) is 180. The van der Waals surface area contributed by atoms with E-state index in [9.17, 15) is 97.8 Å². The average Bonchev–Trinajstić information content (AvgIpc) is 3.37. The van der Waals surface area contributed by atoms with Crippen LogP contribution < -0.4 is 65.1 Å². The minimum Gasteiger partial charge on any atom is -0.508 e. The lowest BCUT2D eigenvalue weighted by molar-refractivity contribution is -0.147. The number of primary amides is 1. The minimum absolute atomic E-state index is 0.156. The van der Waals surface area contributed by atoms with Crippen LogP contribution in [0.15, 0.2) is 24.3 Å². The fourth-order valence-corrected chi connectivity index (χ4v) is 7.41. The SMILES string of the molecule is CC[C@H](C)[C@H](NC(=O)CNC(=O)[C@@H](NC(=O)[C@H](CC(=O)O)NC(=O)[C@@H](N)CCCCN)[C@@H](C)O)C(=O)N[C@@H](CCC(N)=O)C(=O)N[C@H](C(=O)N[C@@H](CC(=O)O)C(=O)N[C@@H](Cc1ccc(O)cc1)C(=O)N[C@@H](CC(=O)O)C(=O)O)C(C)C. The number of benzene rings is 1. The summed E-state index contributed by atoms with van der Waals surface area (Å²) in [5.41, 5.74) is 16.9. The number of hydrogen-bond acceptors (Lipinski definition) is 18. The molecule has 0 saturated heterocycles. The molecule has 1 rings (SSSR count). The number of carbonyl (C=O) groups is 14. The van der Waals surface area contributed by atoms with Crippen LogP contribution in [0.3, 0.4) is 0 Å². The first-order valence-electron chi connectivity index (χ1n) is 25.6. The molecule has 1 aromatic rings. The van der Waals surface area contributed by atoms with Crippen molar-refractivity contribution in [2.24, 2.45) is 29.0 Å². The van der Waals surface area contributed by atoms with Gasteiger partial charge in [0.2, 0.25) is 59.1 Å². The summed E-state index contributed by atoms with van der Waals surface area (Å²) in [7, 11) is 0. The molecule has 0 aliphatic heterocycles. The molecule has 0 aliphatic rings. The summed E-state index contributed by atoms with van der Waals surface area (Å²) < 4.78 is 0. The summed E-state index contributed by atoms with van der Waals surface area (Å²) in [6.07, 6.45) is -4.93. The molecule has 1 aromatic carbocycles. The zero-order valence-corrected chi connectivity index (χ0v) is 45.4. The van der Waals surface area contributed by atoms with Gasteiger partial charge >= 0.3 is 23.9 Å². The molecule has 0 bridgehead atoms. The third-order valence-electron chi connectivity index (χ3n) is 12.2. The molecule has 0 fully saturated rings. The van der Waals surface area contributed by atoms with Gasteiger partial charge in [-0.2, -0.15) is 0 Å². The average molecular weight is 1150 g/mol. The Balaban J connectivity index is 3.37. The van der Waals surface area contributed by atoms with Crippen LogP contribution in [0.25, 0.3) is 0 Å². The molecule has 0 heterocycles. The second kappa shape index (κ2) is 35.2. The Morgan fingerprint density at radius 3 is 1.48 bits per heavy atom. The minimum atomic E-state index is -2.01. The zero-order chi connectivity index (χ0) is 61.8. The molecule has 0 aromatic heterocycles. The van der Waals surface area contributed by atoms with Gasteiger partial charge < -0.3 is 95.7 Å². The number of rotatable bonds is 38. The lowest BCUT2D eigenvalue weighted by atomic mass is 9.97. The first-order chi connectivity index (χ1) is 37.8. The molecule has 21 N–H and O–H groups in total. The van der Waals surface area contributed by atoms with Crippen LogP contribution >= 0.6 is 0 Å². The molecule has 452 valence electrons. The van der Waals surface area contributed by atoms with Crippen molar-refractivity contribution >= 4 is 82.9 Å². The highest BCUT2D eigenvalue weighted by atomic mass is 16.4. The van der Waals surface area contributed by atoms with E-state index in [1.54, 1.807) is 6.92 Å². The summed E-state index contributed by atoms with van der Waals surface area (Å²) >= 11 is 0. The van der Waals surface area contributed by atoms with Gasteiger partial charge in [-0.25, -0.2) is 4.79 Å². The zero-order valence-electron chi connectivity index (χ0n) is 45.4. The van der Waals surface area contributed by atoms with E-state index >= 15 is 0 Å². The van der Waals surface area contributed by atoms with Crippen LogP contribution in [0, 0.1) is 11.8 Å². The Morgan fingerprint density at radius 2 is 0.988 bits per heavy atom. The van der Waals surface area contributed by atoms with Crippen LogP contribution in [0.4, 0.5) is 0 Å². The van der Waals surface area contributed by atoms with Crippen LogP contribution in [-0.2, 0) is 73.5 Å². The van der Waals surface area contributed by atoms with Crippen molar-refractivity contribution < 1.29 is 97.8 Å². The Labute approximate surface area is 464 Å². The molecule has 0 saturated carbocycles. The van der Waals surface area contributed by atoms with Gasteiger partial charge in [-0.05, 0) is 62.3 Å². The lowest BCUT2D eigenvalue weighted by Gasteiger charge is -2.29. The number of phenols is 1. The van der Waals surface area contributed by atoms with Crippen LogP contribution in [0.5, 0.6) is 5.75 Å². The van der Waals surface area contributed by atoms with E-state index in [-0.39, 0.29) is 24.2 Å². The third-order valence-corrected chi connectivity index (χ3v) is 12.2. The maximum absolute atomic E-state index is 14.0. The third kappa shape index (κ3) is 26.3. The number of amides is 10. The van der Waals surface area contributed by atoms with E-state index < -0.39 is 200 Å². The predicted octanol–water partition coefficient (Wildman–Crippen LogP) is -5.76. The quantitative estimate of drug-likeness (QED) is 0.0274. The number of hydrogen-bond donors (Lipinski definition) is 18. The number of unbranched alkanes of at least 4 members (excludes halogenated alkanes) is 1. The molecular formula is C49H76N12O20. The molecule has 0 radical (unpaired) electrons. The number of phenolic OH excluding ortho intramolecular Hbond substituents is 1. The molecule has 0 unspecified atom stereocenters. The van der Waals surface area contributed by atoms with E-state index in [4.69, 9.17) is 17.2 Å². The molecule has 0 aliphatic carbocycles. The Morgan fingerprint density at radius 1 is 0.531 bits per heavy atom. The molecule has 0 spiro atoms. The van der Waals surface area contributed by atoms with E-state index in [1.807, 2.05) is 5.32 Å². The lowest BCUT2D eigenvalue weighted by Crippen LogP contribution is -2.61. The first-order valence-corrected chi connectivity index (χ1v) is 25.6. The van der Waals surface area contributed by atoms with Gasteiger partial charge in [0.15, 0.2) is 0 Å². The van der Waals surface area contributed by atoms with Crippen molar-refractivity contribution in [3.05, 3.63) is 29.8 Å². The van der Waals surface area contributed by atoms with E-state index in [0.29, 0.717) is 19.4 Å². The summed E-state index contributed by atoms with van der Waals surface area (Å²) in [6, 6.07) is -10.2. The summed E-state index contributed by atoms with van der Waals surface area (Å²) in [5, 5.41) is 78.1. The van der Waals surface area contributed by atoms with E-state index in [1.165, 1.54) is 45.0 Å². The molecule has 32 nitrogen and oxygen atoms in total. The van der Waals surface area contributed by atoms with Gasteiger partial charge in [-0.1, -0.05) is 52.7 Å². The fraction of sp³-hybridized carbons (Fsp3) is 0.592. The maximum atomic E-state index is 14.0. The number of carbonyl (C=O) groups excluding carboxylic acids is 10. The first kappa shape index (κ1) is 70.5. The fourth-order valence-electron chi connectivity index (χ4n) is 7.41. The van der Waals surface area contributed by atoms with Crippen molar-refractivity contribution in [1.29, 1.82) is 0 Å². The Hall–Kier alpha value is -8.52. The summed E-state index contributed by atoms with van der Waals surface area (Å²) in [6.45, 7) is 6.52. The smallest absolute Gasteiger partial charge is 0.326 e. The van der Waals surface area contributed by atoms with E-state index in [0.717, 1.165) is 6.92 Å². The topological polar surface area (TPSA) is 547 Å². The number of aliphatic carboxylic acids is 4.